The van der Waals surface area contributed by atoms with Crippen LogP contribution in [0.5, 0.6) is 5.75 Å². The number of thioether (sulfide) groups is 1. The molecule has 1 rings (SSSR count). The van der Waals surface area contributed by atoms with Crippen molar-refractivity contribution in [3.8, 4) is 5.75 Å². The molecule has 3 N–H and O–H groups in total. The van der Waals surface area contributed by atoms with E-state index in [1.54, 1.807) is 13.2 Å². The Kier molecular flexibility index (Phi) is 5.51. The molecule has 1 aromatic rings. The number of hydrogen-bond acceptors (Lipinski definition) is 5. The van der Waals surface area contributed by atoms with Crippen molar-refractivity contribution in [3.05, 3.63) is 29.3 Å². The second kappa shape index (κ2) is 6.90. The van der Waals surface area contributed by atoms with Gasteiger partial charge in [-0.25, -0.2) is 0 Å². The predicted octanol–water partition coefficient (Wildman–Crippen LogP) is 1.54. The van der Waals surface area contributed by atoms with Crippen LogP contribution in [0.4, 0.5) is 0 Å². The molecule has 5 nitrogen and oxygen atoms in total. The second-order valence-electron chi connectivity index (χ2n) is 3.55. The molecule has 0 atom stereocenters. The molecule has 0 fully saturated rings. The van der Waals surface area contributed by atoms with Gasteiger partial charge in [-0.05, 0) is 11.6 Å². The van der Waals surface area contributed by atoms with Crippen molar-refractivity contribution in [1.82, 2.24) is 0 Å². The van der Waals surface area contributed by atoms with Crippen molar-refractivity contribution in [2.75, 3.05) is 14.2 Å². The van der Waals surface area contributed by atoms with Crippen LogP contribution in [0.3, 0.4) is 0 Å². The zero-order chi connectivity index (χ0) is 13.5. The second-order valence-corrected chi connectivity index (χ2v) is 4.57. The van der Waals surface area contributed by atoms with Crippen molar-refractivity contribution in [2.24, 2.45) is 5.73 Å². The van der Waals surface area contributed by atoms with Gasteiger partial charge in [0.2, 0.25) is 0 Å². The van der Waals surface area contributed by atoms with Crippen LogP contribution in [-0.4, -0.2) is 25.4 Å². The molecule has 0 heterocycles. The number of hydrogen-bond donors (Lipinski definition) is 2. The molecular formula is C12H16N2O3S. The van der Waals surface area contributed by atoms with E-state index < -0.39 is 0 Å². The number of amidine groups is 1. The third kappa shape index (κ3) is 4.29. The number of carbonyl (C=O) groups is 1. The molecule has 6 heteroatoms. The fourth-order valence-electron chi connectivity index (χ4n) is 1.45. The molecular weight excluding hydrogens is 252 g/mol. The number of rotatable bonds is 5. The van der Waals surface area contributed by atoms with Crippen molar-refractivity contribution in [3.63, 3.8) is 0 Å². The molecule has 0 bridgehead atoms. The third-order valence-electron chi connectivity index (χ3n) is 2.30. The smallest absolute Gasteiger partial charge is 0.309 e. The normalized spacial score (nSPS) is 9.89. The van der Waals surface area contributed by atoms with Crippen LogP contribution >= 0.6 is 11.8 Å². The van der Waals surface area contributed by atoms with Gasteiger partial charge >= 0.3 is 5.97 Å². The first-order valence-electron chi connectivity index (χ1n) is 5.26. The molecule has 0 aliphatic rings. The summed E-state index contributed by atoms with van der Waals surface area (Å²) in [7, 11) is 2.94. The summed E-state index contributed by atoms with van der Waals surface area (Å²) >= 11 is 1.21. The van der Waals surface area contributed by atoms with Gasteiger partial charge in [0.05, 0.1) is 20.6 Å². The van der Waals surface area contributed by atoms with Gasteiger partial charge in [0.15, 0.2) is 5.17 Å². The average molecular weight is 268 g/mol. The molecule has 1 aromatic carbocycles. The lowest BCUT2D eigenvalue weighted by atomic mass is 10.1. The first-order chi connectivity index (χ1) is 8.56. The van der Waals surface area contributed by atoms with E-state index in [-0.39, 0.29) is 17.6 Å². The first-order valence-corrected chi connectivity index (χ1v) is 6.24. The van der Waals surface area contributed by atoms with Crippen molar-refractivity contribution in [2.45, 2.75) is 12.2 Å². The summed E-state index contributed by atoms with van der Waals surface area (Å²) in [4.78, 5) is 11.2. The van der Waals surface area contributed by atoms with E-state index in [4.69, 9.17) is 15.9 Å². The summed E-state index contributed by atoms with van der Waals surface area (Å²) in [5, 5.41) is 7.24. The van der Waals surface area contributed by atoms with E-state index in [1.807, 2.05) is 12.1 Å². The van der Waals surface area contributed by atoms with E-state index in [9.17, 15) is 4.79 Å². The molecule has 0 aliphatic heterocycles. The summed E-state index contributed by atoms with van der Waals surface area (Å²) in [5.41, 5.74) is 7.05. The van der Waals surface area contributed by atoms with Gasteiger partial charge in [0.1, 0.15) is 5.75 Å². The maximum absolute atomic E-state index is 11.2. The Hall–Kier alpha value is -1.69. The topological polar surface area (TPSA) is 85.4 Å². The van der Waals surface area contributed by atoms with E-state index in [2.05, 4.69) is 4.74 Å². The fourth-order valence-corrected chi connectivity index (χ4v) is 1.99. The van der Waals surface area contributed by atoms with E-state index in [0.29, 0.717) is 5.75 Å². The minimum atomic E-state index is -0.287. The van der Waals surface area contributed by atoms with Crippen LogP contribution in [0, 0.1) is 5.41 Å². The average Bonchev–Trinajstić information content (AvgIpc) is 2.36. The van der Waals surface area contributed by atoms with Crippen molar-refractivity contribution >= 4 is 22.9 Å². The lowest BCUT2D eigenvalue weighted by Gasteiger charge is -2.10. The Morgan fingerprint density at radius 3 is 2.72 bits per heavy atom. The van der Waals surface area contributed by atoms with Gasteiger partial charge in [-0.3, -0.25) is 10.2 Å². The van der Waals surface area contributed by atoms with Crippen LogP contribution in [0.2, 0.25) is 0 Å². The Labute approximate surface area is 110 Å². The number of ether oxygens (including phenoxy) is 2. The fraction of sp³-hybridized carbons (Fsp3) is 0.333. The van der Waals surface area contributed by atoms with Crippen LogP contribution in [0.15, 0.2) is 18.2 Å². The summed E-state index contributed by atoms with van der Waals surface area (Å²) in [6.07, 6.45) is 0.220. The first kappa shape index (κ1) is 14.4. The molecule has 18 heavy (non-hydrogen) atoms. The molecule has 0 unspecified atom stereocenters. The Morgan fingerprint density at radius 2 is 2.17 bits per heavy atom. The number of methoxy groups -OCH3 is 2. The molecule has 0 amide bonds. The van der Waals surface area contributed by atoms with E-state index in [1.165, 1.54) is 18.9 Å². The summed E-state index contributed by atoms with van der Waals surface area (Å²) < 4.78 is 9.84. The highest BCUT2D eigenvalue weighted by molar-refractivity contribution is 8.13. The summed E-state index contributed by atoms with van der Waals surface area (Å²) in [5.74, 6) is 0.968. The molecule has 0 aliphatic carbocycles. The molecule has 0 aromatic heterocycles. The predicted molar refractivity (Wildman–Crippen MR) is 71.9 cm³/mol. The highest BCUT2D eigenvalue weighted by Crippen LogP contribution is 2.24. The number of carbonyl (C=O) groups excluding carboxylic acids is 1. The minimum absolute atomic E-state index is 0.0513. The van der Waals surface area contributed by atoms with Gasteiger partial charge in [0, 0.05) is 11.3 Å². The van der Waals surface area contributed by atoms with Crippen LogP contribution in [0.1, 0.15) is 11.1 Å². The maximum Gasteiger partial charge on any atom is 0.309 e. The lowest BCUT2D eigenvalue weighted by Crippen LogP contribution is -2.06. The lowest BCUT2D eigenvalue weighted by molar-refractivity contribution is -0.139. The largest absolute Gasteiger partial charge is 0.496 e. The van der Waals surface area contributed by atoms with Gasteiger partial charge in [0.25, 0.3) is 0 Å². The van der Waals surface area contributed by atoms with E-state index in [0.717, 1.165) is 16.9 Å². The van der Waals surface area contributed by atoms with Gasteiger partial charge in [-0.2, -0.15) is 0 Å². The number of nitrogens with one attached hydrogen (secondary N) is 1. The Balaban J connectivity index is 2.86. The van der Waals surface area contributed by atoms with Crippen LogP contribution in [0.25, 0.3) is 0 Å². The molecule has 0 saturated heterocycles. The minimum Gasteiger partial charge on any atom is -0.496 e. The van der Waals surface area contributed by atoms with Gasteiger partial charge in [-0.15, -0.1) is 0 Å². The zero-order valence-electron chi connectivity index (χ0n) is 10.4. The maximum atomic E-state index is 11.2. The van der Waals surface area contributed by atoms with Crippen molar-refractivity contribution in [1.29, 1.82) is 5.41 Å². The standard InChI is InChI=1S/C12H16N2O3S/c1-16-10-4-3-8(6-11(15)17-2)5-9(10)7-18-12(13)14/h3-5H,6-7H2,1-2H3,(H3,13,14). The molecule has 98 valence electrons. The van der Waals surface area contributed by atoms with E-state index >= 15 is 0 Å². The number of benzene rings is 1. The zero-order valence-corrected chi connectivity index (χ0v) is 11.2. The third-order valence-corrected chi connectivity index (χ3v) is 3.07. The highest BCUT2D eigenvalue weighted by atomic mass is 32.2. The summed E-state index contributed by atoms with van der Waals surface area (Å²) in [6, 6.07) is 5.48. The number of esters is 1. The SMILES string of the molecule is COC(=O)Cc1ccc(OC)c(CSC(=N)N)c1. The number of nitrogens with two attached hydrogens (primary N) is 1. The quantitative estimate of drug-likeness (QED) is 0.480. The van der Waals surface area contributed by atoms with Crippen molar-refractivity contribution < 1.29 is 14.3 Å². The monoisotopic (exact) mass is 268 g/mol. The van der Waals surface area contributed by atoms with Crippen LogP contribution in [-0.2, 0) is 21.7 Å². The van der Waals surface area contributed by atoms with Crippen LogP contribution < -0.4 is 10.5 Å². The van der Waals surface area contributed by atoms with Gasteiger partial charge < -0.3 is 15.2 Å². The Bertz CT molecular complexity index is 449. The summed E-state index contributed by atoms with van der Waals surface area (Å²) in [6.45, 7) is 0. The Morgan fingerprint density at radius 1 is 1.44 bits per heavy atom. The molecule has 0 radical (unpaired) electrons. The van der Waals surface area contributed by atoms with Gasteiger partial charge in [-0.1, -0.05) is 23.9 Å². The molecule has 0 saturated carbocycles. The highest BCUT2D eigenvalue weighted by Gasteiger charge is 2.08. The molecule has 0 spiro atoms.